The van der Waals surface area contributed by atoms with Gasteiger partial charge in [0, 0.05) is 32.3 Å². The van der Waals surface area contributed by atoms with Crippen LogP contribution in [0.15, 0.2) is 60.5 Å². The molecule has 2 heterocycles. The van der Waals surface area contributed by atoms with Gasteiger partial charge in [-0.2, -0.15) is 0 Å². The molecule has 0 bridgehead atoms. The first kappa shape index (κ1) is 30.4. The number of Topliss-reactive ketones (excluding diaryl/α,β-unsaturated/α-hetero) is 1. The van der Waals surface area contributed by atoms with E-state index in [0.29, 0.717) is 18.8 Å². The Labute approximate surface area is 214 Å². The number of hydrogen-bond donors (Lipinski definition) is 0. The van der Waals surface area contributed by atoms with E-state index >= 15 is 0 Å². The van der Waals surface area contributed by atoms with Gasteiger partial charge in [-0.15, -0.1) is 0 Å². The highest BCUT2D eigenvalue weighted by atomic mass is 16.1. The molecule has 0 radical (unpaired) electrons. The van der Waals surface area contributed by atoms with Gasteiger partial charge in [-0.1, -0.05) is 69.3 Å². The van der Waals surface area contributed by atoms with E-state index in [1.165, 1.54) is 43.5 Å². The average Bonchev–Trinajstić information content (AvgIpc) is 2.81. The van der Waals surface area contributed by atoms with Crippen LogP contribution in [0.4, 0.5) is 0 Å². The minimum Gasteiger partial charge on any atom is -0.339 e. The molecule has 194 valence electrons. The number of allylic oxidation sites excluding steroid dienone is 3. The molecule has 1 aromatic rings. The Hall–Kier alpha value is -2.66. The van der Waals surface area contributed by atoms with Crippen molar-refractivity contribution >= 4 is 12.2 Å². The lowest BCUT2D eigenvalue weighted by Crippen LogP contribution is -2.49. The standard InChI is InChI=1S/C13H20N2O2.C10H14.C7H13N/c1-5-6-13(12(4)17)15-8-7-14(9-16)10(2)11(15)3;1-3-6-10-8-5-4-7-9(10)2;1-2-3-5-8-6-4-7-8/h6,9-10H,3,5,7-8H2,1-2,4H3;4-5,7-8H,3,6H2,1-2H3;2-3H,4-7H2,1H3/b13-6-;;3-2+. The van der Waals surface area contributed by atoms with Crippen molar-refractivity contribution in [2.75, 3.05) is 32.7 Å². The van der Waals surface area contributed by atoms with E-state index < -0.39 is 0 Å². The Morgan fingerprint density at radius 2 is 1.83 bits per heavy atom. The smallest absolute Gasteiger partial charge is 0.210 e. The highest BCUT2D eigenvalue weighted by Crippen LogP contribution is 2.23. The second kappa shape index (κ2) is 16.9. The Morgan fingerprint density at radius 3 is 2.31 bits per heavy atom. The molecule has 5 heteroatoms. The van der Waals surface area contributed by atoms with Gasteiger partial charge < -0.3 is 9.80 Å². The SMILES string of the molecule is C/C=C/CN1CCC1.C=C1C(C)N(C=O)CCN1/C(=C\CC)C(C)=O.CCCc1ccccc1C. The maximum Gasteiger partial charge on any atom is 0.210 e. The summed E-state index contributed by atoms with van der Waals surface area (Å²) in [6, 6.07) is 8.52. The molecule has 1 unspecified atom stereocenters. The van der Waals surface area contributed by atoms with Crippen LogP contribution in [0.3, 0.4) is 0 Å². The van der Waals surface area contributed by atoms with Crippen molar-refractivity contribution in [2.24, 2.45) is 0 Å². The second-order valence-electron chi connectivity index (χ2n) is 9.12. The molecule has 0 aliphatic carbocycles. The predicted molar refractivity (Wildman–Crippen MR) is 148 cm³/mol. The monoisotopic (exact) mass is 481 g/mol. The number of ketones is 1. The number of nitrogens with zero attached hydrogens (tertiary/aromatic N) is 3. The van der Waals surface area contributed by atoms with Crippen molar-refractivity contribution in [2.45, 2.75) is 73.3 Å². The van der Waals surface area contributed by atoms with Crippen molar-refractivity contribution < 1.29 is 9.59 Å². The first-order chi connectivity index (χ1) is 16.8. The van der Waals surface area contributed by atoms with Crippen LogP contribution in [0, 0.1) is 6.92 Å². The first-order valence-corrected chi connectivity index (χ1v) is 13.1. The van der Waals surface area contributed by atoms with E-state index in [1.807, 2.05) is 24.8 Å². The van der Waals surface area contributed by atoms with Crippen molar-refractivity contribution in [1.82, 2.24) is 14.7 Å². The van der Waals surface area contributed by atoms with Crippen LogP contribution >= 0.6 is 0 Å². The van der Waals surface area contributed by atoms with Crippen LogP contribution in [-0.2, 0) is 16.0 Å². The zero-order valence-corrected chi connectivity index (χ0v) is 22.9. The summed E-state index contributed by atoms with van der Waals surface area (Å²) in [5.74, 6) is 0.0414. The summed E-state index contributed by atoms with van der Waals surface area (Å²) in [6.07, 6.45) is 11.7. The Balaban J connectivity index is 0.000000287. The molecule has 2 aliphatic heterocycles. The first-order valence-electron chi connectivity index (χ1n) is 13.1. The number of carbonyl (C=O) groups excluding carboxylic acids is 2. The van der Waals surface area contributed by atoms with E-state index in [1.54, 1.807) is 11.8 Å². The molecule has 0 aromatic heterocycles. The van der Waals surface area contributed by atoms with E-state index in [-0.39, 0.29) is 11.8 Å². The van der Waals surface area contributed by atoms with Gasteiger partial charge in [0.15, 0.2) is 5.78 Å². The van der Waals surface area contributed by atoms with Gasteiger partial charge in [0.1, 0.15) is 0 Å². The quantitative estimate of drug-likeness (QED) is 0.269. The fraction of sp³-hybridized carbons (Fsp3) is 0.533. The molecule has 3 rings (SSSR count). The number of likely N-dealkylation sites (tertiary alicyclic amines) is 1. The molecule has 5 nitrogen and oxygen atoms in total. The highest BCUT2D eigenvalue weighted by Gasteiger charge is 2.28. The van der Waals surface area contributed by atoms with Crippen LogP contribution in [0.1, 0.15) is 65.0 Å². The minimum atomic E-state index is -0.0548. The van der Waals surface area contributed by atoms with Crippen LogP contribution in [-0.4, -0.2) is 65.7 Å². The van der Waals surface area contributed by atoms with Gasteiger partial charge in [0.05, 0.1) is 11.7 Å². The van der Waals surface area contributed by atoms with Crippen LogP contribution in [0.25, 0.3) is 0 Å². The molecular weight excluding hydrogens is 434 g/mol. The topological polar surface area (TPSA) is 43.9 Å². The largest absolute Gasteiger partial charge is 0.339 e. The normalized spacial score (nSPS) is 18.3. The summed E-state index contributed by atoms with van der Waals surface area (Å²) < 4.78 is 0. The van der Waals surface area contributed by atoms with Crippen LogP contribution in [0.5, 0.6) is 0 Å². The lowest BCUT2D eigenvalue weighted by molar-refractivity contribution is -0.120. The van der Waals surface area contributed by atoms with E-state index in [0.717, 1.165) is 25.1 Å². The third-order valence-electron chi connectivity index (χ3n) is 6.42. The third-order valence-corrected chi connectivity index (χ3v) is 6.42. The molecule has 0 saturated carbocycles. The predicted octanol–water partition coefficient (Wildman–Crippen LogP) is 5.76. The molecule has 1 aromatic carbocycles. The Kier molecular flexibility index (Phi) is 14.6. The van der Waals surface area contributed by atoms with Crippen molar-refractivity contribution in [3.63, 3.8) is 0 Å². The maximum atomic E-state index is 11.6. The number of carbonyl (C=O) groups is 2. The van der Waals surface area contributed by atoms with Crippen molar-refractivity contribution in [3.8, 4) is 0 Å². The fourth-order valence-corrected chi connectivity index (χ4v) is 4.00. The van der Waals surface area contributed by atoms with E-state index in [9.17, 15) is 9.59 Å². The zero-order chi connectivity index (χ0) is 26.2. The molecule has 1 amide bonds. The van der Waals surface area contributed by atoms with Gasteiger partial charge in [-0.25, -0.2) is 0 Å². The Morgan fingerprint density at radius 1 is 1.14 bits per heavy atom. The van der Waals surface area contributed by atoms with Crippen molar-refractivity contribution in [1.29, 1.82) is 0 Å². The summed E-state index contributed by atoms with van der Waals surface area (Å²) in [5, 5.41) is 0. The molecule has 1 atom stereocenters. The van der Waals surface area contributed by atoms with E-state index in [4.69, 9.17) is 0 Å². The zero-order valence-electron chi connectivity index (χ0n) is 22.9. The average molecular weight is 482 g/mol. The summed E-state index contributed by atoms with van der Waals surface area (Å²) >= 11 is 0. The second-order valence-corrected chi connectivity index (χ2v) is 9.12. The number of rotatable bonds is 8. The number of piperazine rings is 1. The fourth-order valence-electron chi connectivity index (χ4n) is 4.00. The number of hydrogen-bond acceptors (Lipinski definition) is 4. The summed E-state index contributed by atoms with van der Waals surface area (Å²) in [5.41, 5.74) is 4.41. The molecule has 2 fully saturated rings. The number of benzene rings is 1. The van der Waals surface area contributed by atoms with Gasteiger partial charge in [-0.05, 0) is 64.3 Å². The minimum absolute atomic E-state index is 0.0414. The van der Waals surface area contributed by atoms with Gasteiger partial charge in [-0.3, -0.25) is 14.5 Å². The molecule has 35 heavy (non-hydrogen) atoms. The van der Waals surface area contributed by atoms with Gasteiger partial charge in [0.25, 0.3) is 0 Å². The van der Waals surface area contributed by atoms with Gasteiger partial charge in [0.2, 0.25) is 6.41 Å². The van der Waals surface area contributed by atoms with Crippen molar-refractivity contribution in [3.05, 3.63) is 71.6 Å². The maximum absolute atomic E-state index is 11.6. The molecule has 2 saturated heterocycles. The summed E-state index contributed by atoms with van der Waals surface area (Å²) in [4.78, 5) is 28.5. The Bertz CT molecular complexity index is 855. The molecule has 0 spiro atoms. The van der Waals surface area contributed by atoms with Crippen LogP contribution in [0.2, 0.25) is 0 Å². The summed E-state index contributed by atoms with van der Waals surface area (Å²) in [7, 11) is 0. The lowest BCUT2D eigenvalue weighted by atomic mass is 10.1. The van der Waals surface area contributed by atoms with Gasteiger partial charge >= 0.3 is 0 Å². The highest BCUT2D eigenvalue weighted by molar-refractivity contribution is 5.93. The summed E-state index contributed by atoms with van der Waals surface area (Å²) in [6.45, 7) is 21.0. The lowest BCUT2D eigenvalue weighted by Gasteiger charge is -2.41. The molecule has 0 N–H and O–H groups in total. The molecular formula is C30H47N3O2. The van der Waals surface area contributed by atoms with Crippen LogP contribution < -0.4 is 0 Å². The number of aryl methyl sites for hydroxylation is 2. The van der Waals surface area contributed by atoms with E-state index in [2.05, 4.69) is 68.7 Å². The molecule has 2 aliphatic rings. The number of amides is 1. The third kappa shape index (κ3) is 10.2.